The Labute approximate surface area is 139 Å². The van der Waals surface area contributed by atoms with Crippen molar-refractivity contribution in [3.05, 3.63) is 65.7 Å². The Morgan fingerprint density at radius 1 is 1.04 bits per heavy atom. The largest absolute Gasteiger partial charge is 0.370 e. The number of ether oxygens (including phenoxy) is 2. The molecule has 0 spiro atoms. The van der Waals surface area contributed by atoms with Gasteiger partial charge in [-0.15, -0.1) is 0 Å². The molecule has 1 fully saturated rings. The summed E-state index contributed by atoms with van der Waals surface area (Å²) in [7, 11) is 0. The van der Waals surface area contributed by atoms with Crippen molar-refractivity contribution in [1.82, 2.24) is 0 Å². The summed E-state index contributed by atoms with van der Waals surface area (Å²) in [5.41, 5.74) is 2.23. The quantitative estimate of drug-likeness (QED) is 0.843. The van der Waals surface area contributed by atoms with Gasteiger partial charge in [-0.2, -0.15) is 0 Å². The van der Waals surface area contributed by atoms with E-state index < -0.39 is 11.1 Å². The molecule has 1 aliphatic rings. The summed E-state index contributed by atoms with van der Waals surface area (Å²) in [6.07, 6.45) is -0.237. The lowest BCUT2D eigenvalue weighted by Crippen LogP contribution is -2.34. The number of hydrogen-bond donors (Lipinski definition) is 0. The van der Waals surface area contributed by atoms with Crippen molar-refractivity contribution in [3.8, 4) is 0 Å². The lowest BCUT2D eigenvalue weighted by atomic mass is 10.1. The first-order chi connectivity index (χ1) is 11.2. The van der Waals surface area contributed by atoms with E-state index in [2.05, 4.69) is 0 Å². The lowest BCUT2D eigenvalue weighted by Gasteiger charge is -2.29. The minimum atomic E-state index is -1.47. The molecule has 0 aromatic heterocycles. The topological polar surface area (TPSA) is 44.8 Å². The maximum Gasteiger partial charge on any atom is 0.189 e. The minimum absolute atomic E-state index is 0.0463. The van der Waals surface area contributed by atoms with Crippen molar-refractivity contribution in [2.24, 2.45) is 0 Å². The van der Waals surface area contributed by atoms with Crippen molar-refractivity contribution in [2.75, 3.05) is 19.8 Å². The van der Waals surface area contributed by atoms with Crippen molar-refractivity contribution < 1.29 is 17.9 Å². The average Bonchev–Trinajstić information content (AvgIpc) is 2.61. The van der Waals surface area contributed by atoms with E-state index in [0.29, 0.717) is 18.1 Å². The number of benzene rings is 2. The van der Waals surface area contributed by atoms with Gasteiger partial charge in [-0.25, -0.2) is 4.21 Å². The van der Waals surface area contributed by atoms with E-state index in [9.17, 15) is 4.21 Å². The van der Waals surface area contributed by atoms with Gasteiger partial charge in [0.2, 0.25) is 0 Å². The highest BCUT2D eigenvalue weighted by atomic mass is 32.2. The summed E-state index contributed by atoms with van der Waals surface area (Å²) in [5.74, 6) is 0. The Kier molecular flexibility index (Phi) is 5.56. The van der Waals surface area contributed by atoms with Gasteiger partial charge in [-0.3, -0.25) is 4.18 Å². The van der Waals surface area contributed by atoms with Crippen LogP contribution < -0.4 is 0 Å². The fraction of sp³-hybridized carbons (Fsp3) is 0.333. The van der Waals surface area contributed by atoms with Crippen LogP contribution in [-0.4, -0.2) is 30.1 Å². The zero-order valence-corrected chi connectivity index (χ0v) is 13.8. The summed E-state index contributed by atoms with van der Waals surface area (Å²) in [6.45, 7) is 3.16. The fourth-order valence-electron chi connectivity index (χ4n) is 2.35. The van der Waals surface area contributed by atoms with Gasteiger partial charge in [0, 0.05) is 0 Å². The summed E-state index contributed by atoms with van der Waals surface area (Å²) in [4.78, 5) is 0.662. The first kappa shape index (κ1) is 16.3. The van der Waals surface area contributed by atoms with Gasteiger partial charge in [-0.1, -0.05) is 48.0 Å². The molecule has 3 rings (SSSR count). The second-order valence-electron chi connectivity index (χ2n) is 5.52. The predicted octanol–water partition coefficient (Wildman–Crippen LogP) is 3.19. The molecule has 1 aliphatic heterocycles. The molecule has 4 nitrogen and oxygen atoms in total. The Hall–Kier alpha value is -1.53. The second kappa shape index (κ2) is 7.84. The average molecular weight is 332 g/mol. The van der Waals surface area contributed by atoms with Crippen LogP contribution in [0.25, 0.3) is 0 Å². The van der Waals surface area contributed by atoms with Crippen LogP contribution in [0, 0.1) is 6.92 Å². The van der Waals surface area contributed by atoms with Crippen molar-refractivity contribution in [1.29, 1.82) is 0 Å². The van der Waals surface area contributed by atoms with Gasteiger partial charge in [0.1, 0.15) is 12.2 Å². The van der Waals surface area contributed by atoms with Crippen LogP contribution in [0.15, 0.2) is 59.5 Å². The maximum atomic E-state index is 12.1. The van der Waals surface area contributed by atoms with Gasteiger partial charge < -0.3 is 9.47 Å². The molecule has 0 saturated carbocycles. The third-order valence-electron chi connectivity index (χ3n) is 3.71. The summed E-state index contributed by atoms with van der Waals surface area (Å²) >= 11 is -1.47. The number of aryl methyl sites for hydroxylation is 1. The molecule has 0 bridgehead atoms. The van der Waals surface area contributed by atoms with Crippen LogP contribution in [0.2, 0.25) is 0 Å². The van der Waals surface area contributed by atoms with E-state index in [-0.39, 0.29) is 18.8 Å². The van der Waals surface area contributed by atoms with Crippen molar-refractivity contribution in [2.45, 2.75) is 24.0 Å². The molecule has 0 radical (unpaired) electrons. The van der Waals surface area contributed by atoms with Gasteiger partial charge in [0.15, 0.2) is 11.1 Å². The minimum Gasteiger partial charge on any atom is -0.370 e. The zero-order chi connectivity index (χ0) is 16.1. The number of rotatable bonds is 5. The predicted molar refractivity (Wildman–Crippen MR) is 88.4 cm³/mol. The molecule has 0 N–H and O–H groups in total. The summed E-state index contributed by atoms with van der Waals surface area (Å²) in [5, 5.41) is 0. The van der Waals surface area contributed by atoms with Crippen LogP contribution in [0.5, 0.6) is 0 Å². The summed E-state index contributed by atoms with van der Waals surface area (Å²) < 4.78 is 29.1. The molecule has 1 heterocycles. The molecule has 23 heavy (non-hydrogen) atoms. The SMILES string of the molecule is Cc1ccc(S(=O)OCC2COC(c3ccccc3)CO2)cc1. The van der Waals surface area contributed by atoms with Crippen LogP contribution in [0.4, 0.5) is 0 Å². The first-order valence-corrected chi connectivity index (χ1v) is 8.70. The Balaban J connectivity index is 1.46. The molecule has 0 amide bonds. The molecular weight excluding hydrogens is 312 g/mol. The molecule has 2 aromatic carbocycles. The first-order valence-electron chi connectivity index (χ1n) is 7.62. The molecule has 1 saturated heterocycles. The van der Waals surface area contributed by atoms with Crippen LogP contribution in [0.1, 0.15) is 17.2 Å². The number of hydrogen-bond acceptors (Lipinski definition) is 4. The van der Waals surface area contributed by atoms with E-state index in [4.69, 9.17) is 13.7 Å². The monoisotopic (exact) mass is 332 g/mol. The van der Waals surface area contributed by atoms with Crippen molar-refractivity contribution >= 4 is 11.1 Å². The smallest absolute Gasteiger partial charge is 0.189 e. The molecule has 0 aliphatic carbocycles. The van der Waals surface area contributed by atoms with E-state index >= 15 is 0 Å². The summed E-state index contributed by atoms with van der Waals surface area (Å²) in [6, 6.07) is 17.5. The van der Waals surface area contributed by atoms with E-state index in [0.717, 1.165) is 11.1 Å². The zero-order valence-electron chi connectivity index (χ0n) is 13.0. The molecule has 5 heteroatoms. The van der Waals surface area contributed by atoms with Crippen LogP contribution in [-0.2, 0) is 24.7 Å². The second-order valence-corrected chi connectivity index (χ2v) is 6.70. The maximum absolute atomic E-state index is 12.1. The van der Waals surface area contributed by atoms with Crippen molar-refractivity contribution in [3.63, 3.8) is 0 Å². The van der Waals surface area contributed by atoms with Crippen LogP contribution >= 0.6 is 0 Å². The molecule has 122 valence electrons. The standard InChI is InChI=1S/C18H20O4S/c1-14-7-9-17(10-8-14)23(19)22-12-16-11-21-18(13-20-16)15-5-3-2-4-6-15/h2-10,16,18H,11-13H2,1H3. The van der Waals surface area contributed by atoms with E-state index in [1.54, 1.807) is 0 Å². The highest BCUT2D eigenvalue weighted by Crippen LogP contribution is 2.23. The van der Waals surface area contributed by atoms with E-state index in [1.807, 2.05) is 61.5 Å². The third kappa shape index (κ3) is 4.48. The molecule has 3 atom stereocenters. The van der Waals surface area contributed by atoms with Gasteiger partial charge in [0.05, 0.1) is 24.7 Å². The highest BCUT2D eigenvalue weighted by Gasteiger charge is 2.24. The van der Waals surface area contributed by atoms with Gasteiger partial charge in [-0.05, 0) is 24.6 Å². The van der Waals surface area contributed by atoms with Gasteiger partial charge >= 0.3 is 0 Å². The Bertz CT molecular complexity index is 634. The normalized spacial score (nSPS) is 22.7. The highest BCUT2D eigenvalue weighted by molar-refractivity contribution is 7.80. The molecule has 2 aromatic rings. The van der Waals surface area contributed by atoms with Crippen LogP contribution in [0.3, 0.4) is 0 Å². The lowest BCUT2D eigenvalue weighted by molar-refractivity contribution is -0.143. The van der Waals surface area contributed by atoms with Gasteiger partial charge in [0.25, 0.3) is 0 Å². The Morgan fingerprint density at radius 3 is 2.43 bits per heavy atom. The third-order valence-corrected chi connectivity index (χ3v) is 4.72. The molecular formula is C18H20O4S. The van der Waals surface area contributed by atoms with E-state index in [1.165, 1.54) is 0 Å². The Morgan fingerprint density at radius 2 is 1.78 bits per heavy atom. The molecule has 3 unspecified atom stereocenters. The fourth-order valence-corrected chi connectivity index (χ4v) is 3.12.